The summed E-state index contributed by atoms with van der Waals surface area (Å²) in [6.07, 6.45) is 2.44. The van der Waals surface area contributed by atoms with Crippen LogP contribution < -0.4 is 9.62 Å². The fourth-order valence-electron chi connectivity index (χ4n) is 8.88. The van der Waals surface area contributed by atoms with Gasteiger partial charge in [0.05, 0.1) is 17.6 Å². The number of aromatic hydroxyl groups is 1. The van der Waals surface area contributed by atoms with Crippen LogP contribution in [0.5, 0.6) is 5.75 Å². The highest BCUT2D eigenvalue weighted by Crippen LogP contribution is 2.41. The summed E-state index contributed by atoms with van der Waals surface area (Å²) in [4.78, 5) is 38.3. The molecule has 0 radical (unpaired) electrons. The van der Waals surface area contributed by atoms with Crippen molar-refractivity contribution in [2.45, 2.75) is 39.0 Å². The Bertz CT molecular complexity index is 3390. The molecule has 0 aliphatic rings. The van der Waals surface area contributed by atoms with Crippen molar-refractivity contribution in [2.24, 2.45) is 5.92 Å². The number of hydrogen-bond acceptors (Lipinski definition) is 9. The lowest BCUT2D eigenvalue weighted by molar-refractivity contribution is -0.158. The number of furan rings is 2. The molecule has 2 heterocycles. The maximum absolute atomic E-state index is 15.7. The van der Waals surface area contributed by atoms with E-state index in [1.54, 1.807) is 6.07 Å². The SMILES string of the molecule is CCC(C)C(c1ccc(-c2ccc(NC(=O)CC(=O)OC(=O)CN(c3ccc(-c4ccc(-c5c(Cc6ccccc6)oc6ccccc56)cc4)cc3F)S(=O)[O-])c(O)c2)cc1)c1coc2ccccc12. The van der Waals surface area contributed by atoms with Gasteiger partial charge in [-0.15, -0.1) is 0 Å². The number of rotatable bonds is 16. The Morgan fingerprint density at radius 2 is 1.36 bits per heavy atom. The van der Waals surface area contributed by atoms with Crippen LogP contribution in [0.25, 0.3) is 55.3 Å². The van der Waals surface area contributed by atoms with Gasteiger partial charge in [-0.25, -0.2) is 9.18 Å². The zero-order valence-corrected chi connectivity index (χ0v) is 38.9. The minimum atomic E-state index is -3.16. The third kappa shape index (κ3) is 10.2. The number of anilines is 2. The standard InChI is InChI=1S/C57H47FN2O9S/c1-3-35(2)56(45-34-67-50-15-9-7-13-43(45)50)39-21-17-38(18-22-39)42-25-27-47(49(61)31-42)59-53(62)32-54(63)69-55(64)33-60(70(65)66)48-28-26-41(30-46(48)58)37-19-23-40(24-20-37)57-44-14-8-10-16-51(44)68-52(57)29-36-11-5-4-6-12-36/h4-28,30-31,34-35,56,61H,3,29,32-33H2,1-2H3,(H,59,62)(H,65,66)/p-1. The van der Waals surface area contributed by atoms with E-state index >= 15 is 4.39 Å². The van der Waals surface area contributed by atoms with Crippen molar-refractivity contribution >= 4 is 62.4 Å². The molecule has 3 unspecified atom stereocenters. The molecule has 11 nitrogen and oxygen atoms in total. The minimum Gasteiger partial charge on any atom is -0.755 e. The Morgan fingerprint density at radius 1 is 0.743 bits per heavy atom. The highest BCUT2D eigenvalue weighted by atomic mass is 32.2. The molecular formula is C57H46FN2O9S-. The molecular weight excluding hydrogens is 908 g/mol. The van der Waals surface area contributed by atoms with E-state index in [4.69, 9.17) is 13.6 Å². The summed E-state index contributed by atoms with van der Waals surface area (Å²) in [5.41, 5.74) is 8.90. The van der Waals surface area contributed by atoms with Crippen LogP contribution >= 0.6 is 0 Å². The number of halogens is 1. The highest BCUT2D eigenvalue weighted by Gasteiger charge is 2.25. The summed E-state index contributed by atoms with van der Waals surface area (Å²) in [7, 11) is 0. The second kappa shape index (κ2) is 20.6. The van der Waals surface area contributed by atoms with E-state index in [1.807, 2.05) is 115 Å². The Morgan fingerprint density at radius 3 is 2.04 bits per heavy atom. The van der Waals surface area contributed by atoms with Crippen molar-refractivity contribution < 1.29 is 46.2 Å². The van der Waals surface area contributed by atoms with Gasteiger partial charge in [-0.3, -0.25) is 18.1 Å². The zero-order valence-electron chi connectivity index (χ0n) is 38.1. The van der Waals surface area contributed by atoms with Crippen LogP contribution in [-0.2, 0) is 36.8 Å². The summed E-state index contributed by atoms with van der Waals surface area (Å²) in [6.45, 7) is 3.32. The lowest BCUT2D eigenvalue weighted by atomic mass is 9.80. The number of fused-ring (bicyclic) bond motifs is 2. The summed E-state index contributed by atoms with van der Waals surface area (Å²) < 4.78 is 57.6. The maximum atomic E-state index is 15.7. The lowest BCUT2D eigenvalue weighted by Gasteiger charge is -2.25. The number of para-hydroxylation sites is 2. The predicted octanol–water partition coefficient (Wildman–Crippen LogP) is 12.5. The fraction of sp³-hybridized carbons (Fsp3) is 0.140. The van der Waals surface area contributed by atoms with E-state index in [9.17, 15) is 28.3 Å². The molecule has 9 rings (SSSR count). The first-order valence-corrected chi connectivity index (χ1v) is 23.7. The number of carbonyl (C=O) groups is 3. The van der Waals surface area contributed by atoms with Gasteiger partial charge < -0.3 is 28.5 Å². The van der Waals surface area contributed by atoms with Gasteiger partial charge in [0, 0.05) is 45.5 Å². The molecule has 7 aromatic carbocycles. The second-order valence-electron chi connectivity index (χ2n) is 17.0. The smallest absolute Gasteiger partial charge is 0.334 e. The molecule has 0 bridgehead atoms. The largest absolute Gasteiger partial charge is 0.755 e. The van der Waals surface area contributed by atoms with Gasteiger partial charge in [0.1, 0.15) is 41.5 Å². The number of nitrogens with one attached hydrogen (secondary N) is 1. The molecule has 0 fully saturated rings. The number of amides is 1. The average Bonchev–Trinajstić information content (AvgIpc) is 3.95. The molecule has 9 aromatic rings. The summed E-state index contributed by atoms with van der Waals surface area (Å²) in [5, 5.41) is 15.3. The van der Waals surface area contributed by atoms with Gasteiger partial charge in [0.15, 0.2) is 0 Å². The first kappa shape index (κ1) is 47.0. The van der Waals surface area contributed by atoms with Crippen LogP contribution in [0.2, 0.25) is 0 Å². The van der Waals surface area contributed by atoms with Crippen LogP contribution in [0.15, 0.2) is 179 Å². The summed E-state index contributed by atoms with van der Waals surface area (Å²) >= 11 is -3.16. The van der Waals surface area contributed by atoms with Crippen molar-refractivity contribution in [1.82, 2.24) is 0 Å². The van der Waals surface area contributed by atoms with Gasteiger partial charge >= 0.3 is 11.9 Å². The van der Waals surface area contributed by atoms with Crippen LogP contribution in [0.4, 0.5) is 15.8 Å². The second-order valence-corrected chi connectivity index (χ2v) is 17.9. The van der Waals surface area contributed by atoms with E-state index in [0.717, 1.165) is 73.6 Å². The molecule has 3 atom stereocenters. The number of ether oxygens (including phenoxy) is 1. The monoisotopic (exact) mass is 953 g/mol. The number of carbonyl (C=O) groups excluding carboxylic acids is 3. The van der Waals surface area contributed by atoms with Gasteiger partial charge in [0.2, 0.25) is 5.91 Å². The highest BCUT2D eigenvalue weighted by molar-refractivity contribution is 7.80. The minimum absolute atomic E-state index is 0.00974. The normalized spacial score (nSPS) is 12.6. The predicted molar refractivity (Wildman–Crippen MR) is 268 cm³/mol. The van der Waals surface area contributed by atoms with E-state index in [0.29, 0.717) is 33.3 Å². The van der Waals surface area contributed by atoms with Gasteiger partial charge in [-0.1, -0.05) is 148 Å². The molecule has 2 N–H and O–H groups in total. The number of phenols is 1. The number of nitrogens with zero attached hydrogens (tertiary/aromatic N) is 1. The number of hydrogen-bond donors (Lipinski definition) is 2. The van der Waals surface area contributed by atoms with E-state index in [1.165, 1.54) is 24.3 Å². The van der Waals surface area contributed by atoms with Crippen molar-refractivity contribution in [2.75, 3.05) is 16.2 Å². The van der Waals surface area contributed by atoms with Gasteiger partial charge in [-0.2, -0.15) is 0 Å². The van der Waals surface area contributed by atoms with Crippen molar-refractivity contribution in [3.8, 4) is 39.1 Å². The Balaban J connectivity index is 0.807. The average molecular weight is 954 g/mol. The van der Waals surface area contributed by atoms with E-state index in [2.05, 4.69) is 37.4 Å². The number of phenolic OH excluding ortho intramolecular Hbond substituents is 1. The number of esters is 2. The molecule has 0 saturated heterocycles. The Labute approximate surface area is 405 Å². The van der Waals surface area contributed by atoms with Gasteiger partial charge in [-0.05, 0) is 81.3 Å². The molecule has 2 aromatic heterocycles. The lowest BCUT2D eigenvalue weighted by Crippen LogP contribution is -2.34. The molecule has 70 heavy (non-hydrogen) atoms. The first-order chi connectivity index (χ1) is 33.9. The van der Waals surface area contributed by atoms with E-state index < -0.39 is 53.6 Å². The first-order valence-electron chi connectivity index (χ1n) is 22.7. The molecule has 352 valence electrons. The Hall–Kier alpha value is -8.13. The molecule has 0 aliphatic heterocycles. The van der Waals surface area contributed by atoms with Crippen molar-refractivity contribution in [3.63, 3.8) is 0 Å². The summed E-state index contributed by atoms with van der Waals surface area (Å²) in [5.74, 6) is -3.53. The van der Waals surface area contributed by atoms with Crippen LogP contribution in [0.3, 0.4) is 0 Å². The fourth-order valence-corrected chi connectivity index (χ4v) is 9.40. The maximum Gasteiger partial charge on any atom is 0.334 e. The molecule has 1 amide bonds. The Kier molecular flexibility index (Phi) is 13.8. The zero-order chi connectivity index (χ0) is 48.9. The molecule has 13 heteroatoms. The number of benzene rings is 7. The van der Waals surface area contributed by atoms with E-state index in [-0.39, 0.29) is 17.4 Å². The molecule has 0 saturated carbocycles. The van der Waals surface area contributed by atoms with Crippen molar-refractivity contribution in [1.29, 1.82) is 0 Å². The third-order valence-corrected chi connectivity index (χ3v) is 13.2. The van der Waals surface area contributed by atoms with Gasteiger partial charge in [0.25, 0.3) is 0 Å². The summed E-state index contributed by atoms with van der Waals surface area (Å²) in [6, 6.07) is 49.8. The van der Waals surface area contributed by atoms with Crippen LogP contribution in [0, 0.1) is 11.7 Å². The topological polar surface area (TPSA) is 162 Å². The third-order valence-electron chi connectivity index (χ3n) is 12.5. The molecule has 0 spiro atoms. The van der Waals surface area contributed by atoms with Crippen molar-refractivity contribution in [3.05, 3.63) is 198 Å². The quantitative estimate of drug-likeness (QED) is 0.0415. The van der Waals surface area contributed by atoms with Crippen LogP contribution in [0.1, 0.15) is 55.1 Å². The molecule has 0 aliphatic carbocycles. The van der Waals surface area contributed by atoms with Crippen LogP contribution in [-0.4, -0.2) is 38.3 Å².